The van der Waals surface area contributed by atoms with E-state index in [1.165, 1.54) is 6.07 Å². The Morgan fingerprint density at radius 3 is 2.52 bits per heavy atom. The minimum Gasteiger partial charge on any atom is -0.457 e. The monoisotopic (exact) mass is 351 g/mol. The van der Waals surface area contributed by atoms with Crippen molar-refractivity contribution in [2.45, 2.75) is 20.5 Å². The van der Waals surface area contributed by atoms with Gasteiger partial charge in [0.2, 0.25) is 0 Å². The zero-order chi connectivity index (χ0) is 15.6. The van der Waals surface area contributed by atoms with Gasteiger partial charge in [-0.1, -0.05) is 18.2 Å². The van der Waals surface area contributed by atoms with E-state index in [0.717, 1.165) is 22.8 Å². The molecule has 0 aromatic heterocycles. The fraction of sp³-hybridized carbons (Fsp3) is 0.188. The van der Waals surface area contributed by atoms with Crippen molar-refractivity contribution < 1.29 is 13.9 Å². The van der Waals surface area contributed by atoms with Crippen molar-refractivity contribution in [2.24, 2.45) is 0 Å². The molecule has 0 bridgehead atoms. The van der Waals surface area contributed by atoms with Crippen LogP contribution in [0.2, 0.25) is 0 Å². The molecular weight excluding hydrogens is 337 g/mol. The molecule has 0 aliphatic rings. The average Bonchev–Trinajstić information content (AvgIpc) is 2.42. The normalized spacial score (nSPS) is 10.5. The number of aryl methyl sites for hydroxylation is 2. The highest BCUT2D eigenvalue weighted by atomic mass is 79.9. The van der Waals surface area contributed by atoms with Gasteiger partial charge in [-0.05, 0) is 58.6 Å². The third-order valence-electron chi connectivity index (χ3n) is 3.30. The number of esters is 1. The highest BCUT2D eigenvalue weighted by Crippen LogP contribution is 2.24. The Morgan fingerprint density at radius 1 is 1.29 bits per heavy atom. The van der Waals surface area contributed by atoms with Gasteiger partial charge in [0.1, 0.15) is 12.4 Å². The second kappa shape index (κ2) is 6.26. The molecule has 2 rings (SSSR count). The average molecular weight is 352 g/mol. The number of nitrogen functional groups attached to an aromatic ring is 1. The number of benzene rings is 2. The van der Waals surface area contributed by atoms with E-state index in [9.17, 15) is 9.18 Å². The van der Waals surface area contributed by atoms with Gasteiger partial charge in [-0.3, -0.25) is 0 Å². The number of hydrogen-bond donors (Lipinski definition) is 1. The van der Waals surface area contributed by atoms with Gasteiger partial charge in [0.15, 0.2) is 0 Å². The molecule has 0 unspecified atom stereocenters. The quantitative estimate of drug-likeness (QED) is 0.667. The molecule has 0 aliphatic carbocycles. The molecule has 0 fully saturated rings. The lowest BCUT2D eigenvalue weighted by Gasteiger charge is -2.11. The number of halogens is 2. The molecule has 0 atom stereocenters. The van der Waals surface area contributed by atoms with Gasteiger partial charge in [-0.2, -0.15) is 0 Å². The van der Waals surface area contributed by atoms with E-state index < -0.39 is 11.8 Å². The zero-order valence-electron chi connectivity index (χ0n) is 11.7. The summed E-state index contributed by atoms with van der Waals surface area (Å²) in [4.78, 5) is 12.1. The number of ether oxygens (including phenoxy) is 1. The van der Waals surface area contributed by atoms with Crippen molar-refractivity contribution in [2.75, 3.05) is 5.73 Å². The maximum atomic E-state index is 13.3. The smallest absolute Gasteiger partial charge is 0.339 e. The van der Waals surface area contributed by atoms with Crippen LogP contribution in [-0.2, 0) is 11.3 Å². The summed E-state index contributed by atoms with van der Waals surface area (Å²) in [6, 6.07) is 8.30. The molecule has 2 N–H and O–H groups in total. The largest absolute Gasteiger partial charge is 0.457 e. The fourth-order valence-corrected chi connectivity index (χ4v) is 2.49. The predicted molar refractivity (Wildman–Crippen MR) is 83.5 cm³/mol. The number of rotatable bonds is 3. The molecular formula is C16H15BrFNO2. The molecule has 0 heterocycles. The number of nitrogens with two attached hydrogens (primary N) is 1. The topological polar surface area (TPSA) is 52.3 Å². The molecule has 0 aliphatic heterocycles. The van der Waals surface area contributed by atoms with Gasteiger partial charge in [0.05, 0.1) is 11.3 Å². The van der Waals surface area contributed by atoms with Crippen LogP contribution in [0.5, 0.6) is 0 Å². The Labute approximate surface area is 131 Å². The lowest BCUT2D eigenvalue weighted by atomic mass is 10.0. The fourth-order valence-electron chi connectivity index (χ4n) is 2.01. The van der Waals surface area contributed by atoms with E-state index in [2.05, 4.69) is 15.9 Å². The summed E-state index contributed by atoms with van der Waals surface area (Å²) in [5, 5.41) is 0. The van der Waals surface area contributed by atoms with Gasteiger partial charge >= 0.3 is 5.97 Å². The van der Waals surface area contributed by atoms with E-state index in [4.69, 9.17) is 10.5 Å². The molecule has 0 amide bonds. The summed E-state index contributed by atoms with van der Waals surface area (Å²) in [5.41, 5.74) is 8.68. The van der Waals surface area contributed by atoms with Crippen LogP contribution in [0.25, 0.3) is 0 Å². The summed E-state index contributed by atoms with van der Waals surface area (Å²) in [5.74, 6) is -1.12. The predicted octanol–water partition coefficient (Wildman–Crippen LogP) is 4.14. The molecule has 0 saturated carbocycles. The molecule has 21 heavy (non-hydrogen) atoms. The van der Waals surface area contributed by atoms with Crippen molar-refractivity contribution in [3.8, 4) is 0 Å². The van der Waals surface area contributed by atoms with Crippen molar-refractivity contribution in [3.63, 3.8) is 0 Å². The molecule has 0 spiro atoms. The molecule has 2 aromatic carbocycles. The molecule has 0 saturated heterocycles. The lowest BCUT2D eigenvalue weighted by molar-refractivity contribution is 0.0470. The highest BCUT2D eigenvalue weighted by Gasteiger charge is 2.15. The summed E-state index contributed by atoms with van der Waals surface area (Å²) < 4.78 is 18.9. The summed E-state index contributed by atoms with van der Waals surface area (Å²) in [7, 11) is 0. The van der Waals surface area contributed by atoms with Crippen molar-refractivity contribution in [1.82, 2.24) is 0 Å². The zero-order valence-corrected chi connectivity index (χ0v) is 13.3. The standard InChI is InChI=1S/C16H15BrFNO2/c1-9-4-3-5-10(2)12(9)8-21-16(20)11-6-15(19)14(18)7-13(11)17/h3-7H,8,19H2,1-2H3. The van der Waals surface area contributed by atoms with E-state index >= 15 is 0 Å². The first-order valence-electron chi connectivity index (χ1n) is 6.37. The summed E-state index contributed by atoms with van der Waals surface area (Å²) >= 11 is 3.14. The molecule has 2 aromatic rings. The van der Waals surface area contributed by atoms with E-state index in [1.54, 1.807) is 0 Å². The van der Waals surface area contributed by atoms with Gasteiger partial charge < -0.3 is 10.5 Å². The second-order valence-electron chi connectivity index (χ2n) is 4.80. The second-order valence-corrected chi connectivity index (χ2v) is 5.65. The summed E-state index contributed by atoms with van der Waals surface area (Å²) in [6.07, 6.45) is 0. The third kappa shape index (κ3) is 3.42. The van der Waals surface area contributed by atoms with E-state index in [1.807, 2.05) is 32.0 Å². The minimum atomic E-state index is -0.576. The lowest BCUT2D eigenvalue weighted by Crippen LogP contribution is -2.09. The Kier molecular flexibility index (Phi) is 4.63. The van der Waals surface area contributed by atoms with Gasteiger partial charge in [0, 0.05) is 4.47 Å². The van der Waals surface area contributed by atoms with Crippen molar-refractivity contribution in [3.05, 3.63) is 62.9 Å². The Morgan fingerprint density at radius 2 is 1.90 bits per heavy atom. The van der Waals surface area contributed by atoms with E-state index in [-0.39, 0.29) is 17.9 Å². The van der Waals surface area contributed by atoms with Crippen LogP contribution in [-0.4, -0.2) is 5.97 Å². The van der Waals surface area contributed by atoms with Crippen LogP contribution in [0, 0.1) is 19.7 Å². The van der Waals surface area contributed by atoms with Crippen LogP contribution in [0.1, 0.15) is 27.0 Å². The molecule has 0 radical (unpaired) electrons. The van der Waals surface area contributed by atoms with Gasteiger partial charge in [-0.15, -0.1) is 0 Å². The third-order valence-corrected chi connectivity index (χ3v) is 3.95. The number of anilines is 1. The van der Waals surface area contributed by atoms with Crippen LogP contribution in [0.3, 0.4) is 0 Å². The van der Waals surface area contributed by atoms with Gasteiger partial charge in [0.25, 0.3) is 0 Å². The molecule has 3 nitrogen and oxygen atoms in total. The number of carbonyl (C=O) groups excluding carboxylic acids is 1. The maximum absolute atomic E-state index is 13.3. The first kappa shape index (κ1) is 15.5. The first-order valence-corrected chi connectivity index (χ1v) is 7.16. The van der Waals surface area contributed by atoms with Crippen LogP contribution < -0.4 is 5.73 Å². The number of hydrogen-bond acceptors (Lipinski definition) is 3. The Bertz CT molecular complexity index is 681. The van der Waals surface area contributed by atoms with Crippen LogP contribution >= 0.6 is 15.9 Å². The molecule has 5 heteroatoms. The van der Waals surface area contributed by atoms with Gasteiger partial charge in [-0.25, -0.2) is 9.18 Å². The first-order chi connectivity index (χ1) is 9.90. The Hall–Kier alpha value is -1.88. The van der Waals surface area contributed by atoms with Crippen molar-refractivity contribution >= 4 is 27.6 Å². The summed E-state index contributed by atoms with van der Waals surface area (Å²) in [6.45, 7) is 4.09. The van der Waals surface area contributed by atoms with Crippen molar-refractivity contribution in [1.29, 1.82) is 0 Å². The minimum absolute atomic E-state index is 0.0859. The SMILES string of the molecule is Cc1cccc(C)c1COC(=O)c1cc(N)c(F)cc1Br. The highest BCUT2D eigenvalue weighted by molar-refractivity contribution is 9.10. The van der Waals surface area contributed by atoms with Crippen LogP contribution in [0.15, 0.2) is 34.8 Å². The van der Waals surface area contributed by atoms with Crippen LogP contribution in [0.4, 0.5) is 10.1 Å². The van der Waals surface area contributed by atoms with E-state index in [0.29, 0.717) is 4.47 Å². The molecule has 110 valence electrons. The number of carbonyl (C=O) groups is 1. The maximum Gasteiger partial charge on any atom is 0.339 e. The Balaban J connectivity index is 2.18.